The molecule has 0 fully saturated rings. The zero-order valence-electron chi connectivity index (χ0n) is 7.67. The second-order valence-corrected chi connectivity index (χ2v) is 2.65. The van der Waals surface area contributed by atoms with Crippen molar-refractivity contribution in [3.8, 4) is 0 Å². The van der Waals surface area contributed by atoms with Crippen molar-refractivity contribution < 1.29 is 9.59 Å². The number of hydrogen-bond donors (Lipinski definition) is 4. The van der Waals surface area contributed by atoms with E-state index in [1.165, 1.54) is 6.92 Å². The Labute approximate surface area is 77.0 Å². The van der Waals surface area contributed by atoms with Crippen LogP contribution in [0, 0.1) is 0 Å². The van der Waals surface area contributed by atoms with Gasteiger partial charge in [-0.15, -0.1) is 0 Å². The van der Waals surface area contributed by atoms with Crippen molar-refractivity contribution in [2.75, 3.05) is 13.1 Å². The minimum absolute atomic E-state index is 0.0690. The van der Waals surface area contributed by atoms with E-state index in [9.17, 15) is 9.59 Å². The number of hydrogen-bond acceptors (Lipinski definition) is 4. The van der Waals surface area contributed by atoms with Crippen LogP contribution in [0.3, 0.4) is 0 Å². The number of nitrogens with one attached hydrogen (secondary N) is 2. The lowest BCUT2D eigenvalue weighted by Gasteiger charge is -2.11. The summed E-state index contributed by atoms with van der Waals surface area (Å²) in [7, 11) is 0. The fourth-order valence-corrected chi connectivity index (χ4v) is 0.796. The van der Waals surface area contributed by atoms with Crippen LogP contribution in [0.5, 0.6) is 0 Å². The molecular weight excluding hydrogens is 172 g/mol. The Kier molecular flexibility index (Phi) is 5.82. The summed E-state index contributed by atoms with van der Waals surface area (Å²) in [6.07, 6.45) is -0.560. The summed E-state index contributed by atoms with van der Waals surface area (Å²) in [5, 5.41) is 4.94. The summed E-state index contributed by atoms with van der Waals surface area (Å²) in [5.74, 6) is -0.467. The van der Waals surface area contributed by atoms with Crippen LogP contribution in [-0.2, 0) is 9.59 Å². The molecule has 0 rings (SSSR count). The molecule has 13 heavy (non-hydrogen) atoms. The topological polar surface area (TPSA) is 110 Å². The van der Waals surface area contributed by atoms with Gasteiger partial charge in [0.2, 0.25) is 11.8 Å². The van der Waals surface area contributed by atoms with Gasteiger partial charge in [0.05, 0.1) is 12.6 Å². The maximum Gasteiger partial charge on any atom is 0.223 e. The van der Waals surface area contributed by atoms with Crippen molar-refractivity contribution >= 4 is 11.8 Å². The molecule has 6 heteroatoms. The van der Waals surface area contributed by atoms with Gasteiger partial charge in [0.1, 0.15) is 0 Å². The van der Waals surface area contributed by atoms with Crippen LogP contribution < -0.4 is 22.1 Å². The smallest absolute Gasteiger partial charge is 0.223 e. The first-order chi connectivity index (χ1) is 6.06. The van der Waals surface area contributed by atoms with Gasteiger partial charge < -0.3 is 22.1 Å². The average molecular weight is 188 g/mol. The molecule has 0 aromatic rings. The molecule has 0 aliphatic rings. The maximum absolute atomic E-state index is 11.0. The van der Waals surface area contributed by atoms with E-state index in [1.807, 2.05) is 0 Å². The van der Waals surface area contributed by atoms with Crippen molar-refractivity contribution in [1.82, 2.24) is 10.6 Å². The molecular formula is C7H16N4O2. The van der Waals surface area contributed by atoms with Crippen molar-refractivity contribution in [3.63, 3.8) is 0 Å². The molecule has 0 saturated heterocycles. The summed E-state index contributed by atoms with van der Waals surface area (Å²) in [6.45, 7) is 2.16. The second kappa shape index (κ2) is 6.38. The van der Waals surface area contributed by atoms with Crippen LogP contribution >= 0.6 is 0 Å². The zero-order valence-corrected chi connectivity index (χ0v) is 7.67. The average Bonchev–Trinajstić information content (AvgIpc) is 1.98. The lowest BCUT2D eigenvalue weighted by molar-refractivity contribution is -0.122. The third-order valence-corrected chi connectivity index (χ3v) is 1.26. The minimum Gasteiger partial charge on any atom is -0.355 e. The van der Waals surface area contributed by atoms with Gasteiger partial charge in [-0.1, -0.05) is 0 Å². The van der Waals surface area contributed by atoms with Gasteiger partial charge in [0, 0.05) is 20.0 Å². The van der Waals surface area contributed by atoms with Crippen molar-refractivity contribution in [2.24, 2.45) is 11.5 Å². The van der Waals surface area contributed by atoms with E-state index in [4.69, 9.17) is 11.5 Å². The van der Waals surface area contributed by atoms with E-state index in [1.54, 1.807) is 0 Å². The number of rotatable bonds is 5. The van der Waals surface area contributed by atoms with E-state index in [0.717, 1.165) is 0 Å². The minimum atomic E-state index is -0.629. The first kappa shape index (κ1) is 11.9. The number of carbonyl (C=O) groups excluding carboxylic acids is 2. The fraction of sp³-hybridized carbons (Fsp3) is 0.714. The highest BCUT2D eigenvalue weighted by Crippen LogP contribution is 1.83. The molecule has 6 nitrogen and oxygen atoms in total. The highest BCUT2D eigenvalue weighted by atomic mass is 16.2. The molecule has 0 spiro atoms. The molecule has 0 aliphatic carbocycles. The molecule has 6 N–H and O–H groups in total. The Morgan fingerprint density at radius 3 is 2.54 bits per heavy atom. The number of amides is 2. The molecule has 76 valence electrons. The summed E-state index contributed by atoms with van der Waals surface area (Å²) < 4.78 is 0. The maximum atomic E-state index is 11.0. The van der Waals surface area contributed by atoms with Gasteiger partial charge in [-0.2, -0.15) is 0 Å². The third kappa shape index (κ3) is 7.23. The molecule has 1 unspecified atom stereocenters. The van der Waals surface area contributed by atoms with Crippen molar-refractivity contribution in [2.45, 2.75) is 19.5 Å². The van der Waals surface area contributed by atoms with Crippen LogP contribution in [0.2, 0.25) is 0 Å². The molecule has 0 aliphatic heterocycles. The molecule has 0 bridgehead atoms. The molecule has 0 saturated carbocycles. The summed E-state index contributed by atoms with van der Waals surface area (Å²) in [5.41, 5.74) is 10.6. The van der Waals surface area contributed by atoms with Gasteiger partial charge in [0.25, 0.3) is 0 Å². The number of carbonyl (C=O) groups is 2. The van der Waals surface area contributed by atoms with Gasteiger partial charge in [-0.3, -0.25) is 9.59 Å². The van der Waals surface area contributed by atoms with E-state index in [2.05, 4.69) is 10.6 Å². The fourth-order valence-electron chi connectivity index (χ4n) is 0.796. The SMILES string of the molecule is CC(=O)NC(N)CC(=O)NCCN. The van der Waals surface area contributed by atoms with E-state index >= 15 is 0 Å². The van der Waals surface area contributed by atoms with Gasteiger partial charge >= 0.3 is 0 Å². The summed E-state index contributed by atoms with van der Waals surface area (Å²) in [6, 6.07) is 0. The Hall–Kier alpha value is -1.14. The standard InChI is InChI=1S/C7H16N4O2/c1-5(12)11-6(9)4-7(13)10-3-2-8/h6H,2-4,8-9H2,1H3,(H,10,13)(H,11,12). The van der Waals surface area contributed by atoms with Crippen molar-refractivity contribution in [3.05, 3.63) is 0 Å². The molecule has 1 atom stereocenters. The van der Waals surface area contributed by atoms with Gasteiger partial charge in [-0.05, 0) is 0 Å². The summed E-state index contributed by atoms with van der Waals surface area (Å²) >= 11 is 0. The highest BCUT2D eigenvalue weighted by Gasteiger charge is 2.08. The third-order valence-electron chi connectivity index (χ3n) is 1.26. The Morgan fingerprint density at radius 2 is 2.08 bits per heavy atom. The van der Waals surface area contributed by atoms with Gasteiger partial charge in [-0.25, -0.2) is 0 Å². The molecule has 0 radical (unpaired) electrons. The predicted molar refractivity (Wildman–Crippen MR) is 48.5 cm³/mol. The van der Waals surface area contributed by atoms with Crippen LogP contribution in [0.25, 0.3) is 0 Å². The van der Waals surface area contributed by atoms with Gasteiger partial charge in [0.15, 0.2) is 0 Å². The van der Waals surface area contributed by atoms with Crippen LogP contribution in [0.1, 0.15) is 13.3 Å². The normalized spacial score (nSPS) is 11.9. The summed E-state index contributed by atoms with van der Waals surface area (Å²) in [4.78, 5) is 21.5. The first-order valence-electron chi connectivity index (χ1n) is 4.05. The highest BCUT2D eigenvalue weighted by molar-refractivity contribution is 5.78. The Morgan fingerprint density at radius 1 is 1.46 bits per heavy atom. The lowest BCUT2D eigenvalue weighted by atomic mass is 10.3. The van der Waals surface area contributed by atoms with Crippen LogP contribution in [0.15, 0.2) is 0 Å². The Bertz CT molecular complexity index is 183. The van der Waals surface area contributed by atoms with E-state index < -0.39 is 6.17 Å². The molecule has 2 amide bonds. The predicted octanol–water partition coefficient (Wildman–Crippen LogP) is -2.13. The Balaban J connectivity index is 3.59. The quantitative estimate of drug-likeness (QED) is 0.369. The molecule has 0 heterocycles. The van der Waals surface area contributed by atoms with E-state index in [-0.39, 0.29) is 18.2 Å². The van der Waals surface area contributed by atoms with E-state index in [0.29, 0.717) is 13.1 Å². The zero-order chi connectivity index (χ0) is 10.3. The lowest BCUT2D eigenvalue weighted by Crippen LogP contribution is -2.44. The van der Waals surface area contributed by atoms with Crippen molar-refractivity contribution in [1.29, 1.82) is 0 Å². The monoisotopic (exact) mass is 188 g/mol. The number of nitrogens with two attached hydrogens (primary N) is 2. The second-order valence-electron chi connectivity index (χ2n) is 2.65. The molecule has 0 aromatic heterocycles. The van der Waals surface area contributed by atoms with Crippen LogP contribution in [0.4, 0.5) is 0 Å². The largest absolute Gasteiger partial charge is 0.355 e. The molecule has 0 aromatic carbocycles. The van der Waals surface area contributed by atoms with Crippen LogP contribution in [-0.4, -0.2) is 31.1 Å². The first-order valence-corrected chi connectivity index (χ1v) is 4.05.